The first-order valence-electron chi connectivity index (χ1n) is 42.9. The molecule has 8 heterocycles. The van der Waals surface area contributed by atoms with Gasteiger partial charge in [-0.25, -0.2) is 0 Å². The van der Waals surface area contributed by atoms with Crippen molar-refractivity contribution >= 4 is 206 Å². The number of para-hydroxylation sites is 12. The summed E-state index contributed by atoms with van der Waals surface area (Å²) in [7, 11) is -4.52. The van der Waals surface area contributed by atoms with E-state index in [1.54, 1.807) is 0 Å². The first-order valence-corrected chi connectivity index (χ1v) is 42.9. The normalized spacial score (nSPS) is 13.4. The number of hydrogen-bond acceptors (Lipinski definition) is 6. The molecule has 6 aromatic heterocycles. The summed E-state index contributed by atoms with van der Waals surface area (Å²) in [6.45, 7) is 0. The molecule has 0 saturated carbocycles. The standard InChI is InChI=1S/2C54H36B3N3O3/c1-4-16-40(17-5-1)58-49-25-13-10-22-43(49)46-31-28-37(34-52(46)58)55-61-56(38-29-32-47-44-23-11-14-26-50(44)59(53(47)35-38)41-18-6-2-7-19-41)63-57(62-55)39-30-33-48-45-24-12-15-27-51(45)60(54(48)36-39)42-20-8-3-9-21-42;1-3-17-40(18-4-1)58-52-29-14-10-25-46(52)48-35-38(31-33-53(48)58)56-61-55(37-16-15-21-42(34-37)60-50-27-12-7-22-43(50)44-23-8-13-28-51(44)60)62-57(63-56)39-30-32-47-45-24-9-11-26-49(45)59(54(47)36-39)41-19-5-2-6-20-41/h2*1-36H. The maximum Gasteiger partial charge on any atom is 0.467 e. The van der Waals surface area contributed by atoms with Crippen LogP contribution in [0.4, 0.5) is 0 Å². The zero-order chi connectivity index (χ0) is 82.9. The molecule has 2 aliphatic rings. The Labute approximate surface area is 727 Å². The van der Waals surface area contributed by atoms with E-state index in [2.05, 4.69) is 464 Å². The topological polar surface area (TPSA) is 85.0 Å². The minimum absolute atomic E-state index is 0.746. The van der Waals surface area contributed by atoms with E-state index < -0.39 is 42.7 Å². The molecule has 2 aliphatic heterocycles. The minimum Gasteiger partial charge on any atom is -0.445 e. The highest BCUT2D eigenvalue weighted by atomic mass is 16.7. The van der Waals surface area contributed by atoms with Crippen LogP contribution in [0.1, 0.15) is 0 Å². The van der Waals surface area contributed by atoms with Crippen molar-refractivity contribution in [3.8, 4) is 34.1 Å². The van der Waals surface area contributed by atoms with Crippen LogP contribution < -0.4 is 32.8 Å². The van der Waals surface area contributed by atoms with Crippen LogP contribution in [0.2, 0.25) is 0 Å². The summed E-state index contributed by atoms with van der Waals surface area (Å²) >= 11 is 0. The Hall–Kier alpha value is -15.1. The van der Waals surface area contributed by atoms with E-state index >= 15 is 0 Å². The van der Waals surface area contributed by atoms with Gasteiger partial charge in [0, 0.05) is 98.8 Å². The lowest BCUT2D eigenvalue weighted by Gasteiger charge is -2.32. The quantitative estimate of drug-likeness (QED) is 0.113. The highest BCUT2D eigenvalue weighted by Crippen LogP contribution is 2.40. The Morgan fingerprint density at radius 2 is 0.302 bits per heavy atom. The summed E-state index contributed by atoms with van der Waals surface area (Å²) in [5.74, 6) is 0. The average Bonchev–Trinajstić information content (AvgIpc) is 1.58. The summed E-state index contributed by atoms with van der Waals surface area (Å²) in [5.41, 5.74) is 25.4. The first kappa shape index (κ1) is 73.6. The van der Waals surface area contributed by atoms with Crippen LogP contribution in [0.3, 0.4) is 0 Å². The molecule has 2 fully saturated rings. The van der Waals surface area contributed by atoms with Crippen molar-refractivity contribution in [3.05, 3.63) is 437 Å². The Balaban J connectivity index is 0.000000137. The minimum atomic E-state index is -0.758. The van der Waals surface area contributed by atoms with Crippen molar-refractivity contribution in [2.24, 2.45) is 0 Å². The van der Waals surface area contributed by atoms with Crippen LogP contribution in [-0.2, 0) is 27.4 Å². The van der Waals surface area contributed by atoms with E-state index in [0.717, 1.165) is 165 Å². The van der Waals surface area contributed by atoms with Crippen molar-refractivity contribution in [2.75, 3.05) is 0 Å². The molecule has 0 amide bonds. The number of rotatable bonds is 12. The Bertz CT molecular complexity index is 7950. The Morgan fingerprint density at radius 1 is 0.119 bits per heavy atom. The molecule has 24 aromatic rings. The van der Waals surface area contributed by atoms with E-state index in [9.17, 15) is 0 Å². The molecule has 0 spiro atoms. The molecule has 588 valence electrons. The number of benzene rings is 18. The molecule has 12 nitrogen and oxygen atoms in total. The van der Waals surface area contributed by atoms with Gasteiger partial charge in [0.2, 0.25) is 0 Å². The van der Waals surface area contributed by atoms with Gasteiger partial charge in [0.1, 0.15) is 0 Å². The largest absolute Gasteiger partial charge is 0.467 e. The molecule has 18 heteroatoms. The maximum atomic E-state index is 7.01. The SMILES string of the molecule is c1ccc(-n2c3ccccc3c3cc(B4OB(c5cccc(-n6c7ccccc7c7ccccc76)c5)OB(c5ccc6c7ccccc7n(-c7ccccc7)c6c5)O4)ccc32)cc1.c1ccc(-n2c3ccccc3c3ccc(B4OB(c5ccc6c7ccccc7n(-c7ccccc7)c6c5)OB(c5ccc6c7ccccc7n(-c7ccccc7)c6c5)O4)cc32)cc1. The molecule has 2 saturated heterocycles. The molecule has 0 unspecified atom stereocenters. The van der Waals surface area contributed by atoms with Gasteiger partial charge in [-0.05, 0) is 178 Å². The summed E-state index contributed by atoms with van der Waals surface area (Å²) in [4.78, 5) is 0. The van der Waals surface area contributed by atoms with Gasteiger partial charge in [-0.3, -0.25) is 0 Å². The molecule has 26 rings (SSSR count). The summed E-state index contributed by atoms with van der Waals surface area (Å²) in [6, 6.07) is 154. The summed E-state index contributed by atoms with van der Waals surface area (Å²) in [6.07, 6.45) is 0. The Morgan fingerprint density at radius 3 is 0.571 bits per heavy atom. The van der Waals surface area contributed by atoms with Crippen LogP contribution in [0.15, 0.2) is 437 Å². The lowest BCUT2D eigenvalue weighted by molar-refractivity contribution is 0.307. The molecular formula is C108H72B6N6O6. The molecule has 0 radical (unpaired) electrons. The van der Waals surface area contributed by atoms with Crippen molar-refractivity contribution in [1.29, 1.82) is 0 Å². The smallest absolute Gasteiger partial charge is 0.445 e. The number of fused-ring (bicyclic) bond motifs is 18. The fourth-order valence-electron chi connectivity index (χ4n) is 19.8. The molecule has 0 bridgehead atoms. The van der Waals surface area contributed by atoms with Crippen LogP contribution in [-0.4, -0.2) is 70.1 Å². The lowest BCUT2D eigenvalue weighted by atomic mass is 9.61. The second-order valence-corrected chi connectivity index (χ2v) is 32.6. The van der Waals surface area contributed by atoms with E-state index in [-0.39, 0.29) is 0 Å². The molecule has 126 heavy (non-hydrogen) atoms. The van der Waals surface area contributed by atoms with Crippen molar-refractivity contribution in [1.82, 2.24) is 27.4 Å². The molecular weight excluding hydrogens is 1540 g/mol. The fraction of sp³-hybridized carbons (Fsp3) is 0. The number of hydrogen-bond donors (Lipinski definition) is 0. The zero-order valence-corrected chi connectivity index (χ0v) is 68.2. The number of aromatic nitrogens is 6. The number of nitrogens with zero attached hydrogens (tertiary/aromatic N) is 6. The second-order valence-electron chi connectivity index (χ2n) is 32.6. The average molecular weight is 1610 g/mol. The van der Waals surface area contributed by atoms with Crippen molar-refractivity contribution in [3.63, 3.8) is 0 Å². The Kier molecular flexibility index (Phi) is 17.8. The molecule has 0 N–H and O–H groups in total. The van der Waals surface area contributed by atoms with Gasteiger partial charge in [0.05, 0.1) is 66.2 Å². The van der Waals surface area contributed by atoms with Gasteiger partial charge in [0.15, 0.2) is 0 Å². The van der Waals surface area contributed by atoms with E-state index in [1.807, 2.05) is 0 Å². The third kappa shape index (κ3) is 12.3. The van der Waals surface area contributed by atoms with Gasteiger partial charge in [0.25, 0.3) is 0 Å². The lowest BCUT2D eigenvalue weighted by Crippen LogP contribution is -2.61. The van der Waals surface area contributed by atoms with Gasteiger partial charge < -0.3 is 54.8 Å². The van der Waals surface area contributed by atoms with Crippen molar-refractivity contribution in [2.45, 2.75) is 0 Å². The summed E-state index contributed by atoms with van der Waals surface area (Å²) in [5, 5.41) is 14.1. The first-order chi connectivity index (χ1) is 62.5. The van der Waals surface area contributed by atoms with Crippen LogP contribution in [0, 0.1) is 0 Å². The summed E-state index contributed by atoms with van der Waals surface area (Å²) < 4.78 is 55.9. The van der Waals surface area contributed by atoms with Crippen LogP contribution >= 0.6 is 0 Å². The van der Waals surface area contributed by atoms with E-state index in [4.69, 9.17) is 27.4 Å². The predicted octanol–water partition coefficient (Wildman–Crippen LogP) is 21.1. The van der Waals surface area contributed by atoms with Gasteiger partial charge in [-0.2, -0.15) is 0 Å². The van der Waals surface area contributed by atoms with Gasteiger partial charge >= 0.3 is 42.7 Å². The third-order valence-corrected chi connectivity index (χ3v) is 25.4. The van der Waals surface area contributed by atoms with Crippen LogP contribution in [0.25, 0.3) is 165 Å². The highest BCUT2D eigenvalue weighted by molar-refractivity contribution is 6.88. The fourth-order valence-corrected chi connectivity index (χ4v) is 19.8. The monoisotopic (exact) mass is 1610 g/mol. The second kappa shape index (κ2) is 30.5. The molecule has 18 aromatic carbocycles. The predicted molar refractivity (Wildman–Crippen MR) is 524 cm³/mol. The molecule has 0 aliphatic carbocycles. The maximum absolute atomic E-state index is 7.01. The molecule has 0 atom stereocenters. The van der Waals surface area contributed by atoms with Gasteiger partial charge in [-0.15, -0.1) is 0 Å². The zero-order valence-electron chi connectivity index (χ0n) is 68.2. The van der Waals surface area contributed by atoms with Gasteiger partial charge in [-0.1, -0.05) is 291 Å². The van der Waals surface area contributed by atoms with E-state index in [1.165, 1.54) is 32.3 Å². The van der Waals surface area contributed by atoms with E-state index in [0.29, 0.717) is 0 Å². The van der Waals surface area contributed by atoms with Crippen LogP contribution in [0.5, 0.6) is 0 Å². The third-order valence-electron chi connectivity index (χ3n) is 25.4. The van der Waals surface area contributed by atoms with Crippen molar-refractivity contribution < 1.29 is 27.4 Å². The highest BCUT2D eigenvalue weighted by Gasteiger charge is 2.46.